The maximum Gasteiger partial charge on any atom is 0.253 e. The smallest absolute Gasteiger partial charge is 0.253 e. The maximum absolute atomic E-state index is 12.2. The third-order valence-corrected chi connectivity index (χ3v) is 5.54. The van der Waals surface area contributed by atoms with E-state index < -0.39 is 10.9 Å². The fourth-order valence-corrected chi connectivity index (χ4v) is 3.66. The molecule has 0 aliphatic heterocycles. The van der Waals surface area contributed by atoms with E-state index in [0.717, 1.165) is 23.2 Å². The van der Waals surface area contributed by atoms with Gasteiger partial charge >= 0.3 is 0 Å². The lowest BCUT2D eigenvalue weighted by Gasteiger charge is -2.26. The number of rotatable bonds is 10. The second kappa shape index (κ2) is 9.75. The Labute approximate surface area is 182 Å². The van der Waals surface area contributed by atoms with Crippen LogP contribution in [-0.4, -0.2) is 43.7 Å². The minimum atomic E-state index is -0.497. The number of methoxy groups -OCH3 is 1. The van der Waals surface area contributed by atoms with Crippen LogP contribution in [-0.2, 0) is 13.0 Å². The van der Waals surface area contributed by atoms with Crippen molar-refractivity contribution in [1.82, 2.24) is 9.88 Å². The van der Waals surface area contributed by atoms with Gasteiger partial charge < -0.3 is 20.3 Å². The zero-order valence-electron chi connectivity index (χ0n) is 18.8. The summed E-state index contributed by atoms with van der Waals surface area (Å²) >= 11 is 0. The first-order valence-electron chi connectivity index (χ1n) is 10.3. The Hall–Kier alpha value is -3.19. The fourth-order valence-electron chi connectivity index (χ4n) is 3.66. The van der Waals surface area contributed by atoms with Gasteiger partial charge in [0, 0.05) is 30.4 Å². The van der Waals surface area contributed by atoms with E-state index in [1.165, 1.54) is 5.56 Å². The minimum Gasteiger partial charge on any atom is -0.481 e. The van der Waals surface area contributed by atoms with Gasteiger partial charge in [-0.3, -0.25) is 9.59 Å². The SMILES string of the molecule is COc1nc(C)cc(C)c1CNc1c(NCC(Cc2ccccc2)N(C)C)c(=O)c1=O. The first kappa shape index (κ1) is 22.5. The number of likely N-dealkylation sites (N-methyl/N-ethyl adjacent to an activating group) is 1. The number of benzene rings is 1. The predicted molar refractivity (Wildman–Crippen MR) is 125 cm³/mol. The number of pyridine rings is 1. The molecule has 0 fully saturated rings. The molecular formula is C24H30N4O3. The Balaban J connectivity index is 1.70. The van der Waals surface area contributed by atoms with Gasteiger partial charge in [0.2, 0.25) is 5.88 Å². The second-order valence-corrected chi connectivity index (χ2v) is 8.02. The van der Waals surface area contributed by atoms with Gasteiger partial charge in [-0.15, -0.1) is 0 Å². The molecule has 0 aliphatic rings. The lowest BCUT2D eigenvalue weighted by molar-refractivity contribution is 0.303. The molecule has 1 aromatic heterocycles. The van der Waals surface area contributed by atoms with E-state index in [-0.39, 0.29) is 6.04 Å². The molecule has 3 rings (SSSR count). The van der Waals surface area contributed by atoms with Crippen LogP contribution in [0.25, 0.3) is 0 Å². The van der Waals surface area contributed by atoms with Gasteiger partial charge in [-0.2, -0.15) is 0 Å². The largest absolute Gasteiger partial charge is 0.481 e. The topological polar surface area (TPSA) is 83.6 Å². The van der Waals surface area contributed by atoms with E-state index in [4.69, 9.17) is 4.74 Å². The number of nitrogens with zero attached hydrogens (tertiary/aromatic N) is 2. The van der Waals surface area contributed by atoms with Crippen LogP contribution in [0.3, 0.4) is 0 Å². The van der Waals surface area contributed by atoms with E-state index in [0.29, 0.717) is 30.3 Å². The van der Waals surface area contributed by atoms with Gasteiger partial charge in [-0.05, 0) is 51.6 Å². The molecule has 0 amide bonds. The highest BCUT2D eigenvalue weighted by Crippen LogP contribution is 2.23. The van der Waals surface area contributed by atoms with E-state index in [2.05, 4.69) is 32.7 Å². The van der Waals surface area contributed by atoms with Crippen LogP contribution < -0.4 is 26.2 Å². The lowest BCUT2D eigenvalue weighted by atomic mass is 10.0. The van der Waals surface area contributed by atoms with Crippen LogP contribution in [0.15, 0.2) is 46.0 Å². The van der Waals surface area contributed by atoms with Crippen LogP contribution >= 0.6 is 0 Å². The van der Waals surface area contributed by atoms with Gasteiger partial charge in [-0.1, -0.05) is 30.3 Å². The molecule has 0 saturated carbocycles. The van der Waals surface area contributed by atoms with Gasteiger partial charge in [0.1, 0.15) is 11.4 Å². The molecule has 3 aromatic rings. The summed E-state index contributed by atoms with van der Waals surface area (Å²) in [4.78, 5) is 30.9. The summed E-state index contributed by atoms with van der Waals surface area (Å²) in [6, 6.07) is 12.3. The van der Waals surface area contributed by atoms with E-state index >= 15 is 0 Å². The highest BCUT2D eigenvalue weighted by molar-refractivity contribution is 5.74. The predicted octanol–water partition coefficient (Wildman–Crippen LogP) is 2.50. The van der Waals surface area contributed by atoms with Crippen molar-refractivity contribution in [1.29, 1.82) is 0 Å². The molecule has 0 spiro atoms. The Morgan fingerprint density at radius 3 is 2.29 bits per heavy atom. The van der Waals surface area contributed by atoms with Crippen molar-refractivity contribution in [2.24, 2.45) is 0 Å². The zero-order chi connectivity index (χ0) is 22.5. The van der Waals surface area contributed by atoms with Gasteiger partial charge in [0.25, 0.3) is 10.9 Å². The summed E-state index contributed by atoms with van der Waals surface area (Å²) in [6.45, 7) is 4.78. The highest BCUT2D eigenvalue weighted by atomic mass is 16.5. The Morgan fingerprint density at radius 2 is 1.68 bits per heavy atom. The van der Waals surface area contributed by atoms with Gasteiger partial charge in [0.05, 0.1) is 7.11 Å². The number of aryl methyl sites for hydroxylation is 2. The van der Waals surface area contributed by atoms with Crippen LogP contribution in [0.4, 0.5) is 11.4 Å². The third kappa shape index (κ3) is 5.11. The van der Waals surface area contributed by atoms with Crippen LogP contribution in [0.2, 0.25) is 0 Å². The zero-order valence-corrected chi connectivity index (χ0v) is 18.8. The van der Waals surface area contributed by atoms with Crippen LogP contribution in [0, 0.1) is 13.8 Å². The Morgan fingerprint density at radius 1 is 1.03 bits per heavy atom. The Bertz CT molecular complexity index is 1100. The molecule has 7 nitrogen and oxygen atoms in total. The molecule has 1 unspecified atom stereocenters. The molecule has 0 radical (unpaired) electrons. The summed E-state index contributed by atoms with van der Waals surface area (Å²) in [5.74, 6) is 0.522. The van der Waals surface area contributed by atoms with Gasteiger partial charge in [0.15, 0.2) is 0 Å². The van der Waals surface area contributed by atoms with E-state index in [1.807, 2.05) is 52.2 Å². The van der Waals surface area contributed by atoms with E-state index in [1.54, 1.807) is 7.11 Å². The molecule has 7 heteroatoms. The highest BCUT2D eigenvalue weighted by Gasteiger charge is 2.23. The lowest BCUT2D eigenvalue weighted by Crippen LogP contribution is -2.42. The summed E-state index contributed by atoms with van der Waals surface area (Å²) in [6.07, 6.45) is 0.838. The minimum absolute atomic E-state index is 0.170. The summed E-state index contributed by atoms with van der Waals surface area (Å²) in [5.41, 5.74) is 3.66. The van der Waals surface area contributed by atoms with Crippen LogP contribution in [0.5, 0.6) is 5.88 Å². The number of hydrogen-bond acceptors (Lipinski definition) is 7. The number of nitrogens with one attached hydrogen (secondary N) is 2. The molecule has 1 heterocycles. The molecule has 0 bridgehead atoms. The Kier molecular flexibility index (Phi) is 7.07. The normalized spacial score (nSPS) is 12.2. The molecule has 2 N–H and O–H groups in total. The molecule has 2 aromatic carbocycles. The van der Waals surface area contributed by atoms with Crippen molar-refractivity contribution in [2.45, 2.75) is 32.9 Å². The van der Waals surface area contributed by atoms with Crippen LogP contribution in [0.1, 0.15) is 22.4 Å². The third-order valence-electron chi connectivity index (χ3n) is 5.54. The first-order valence-corrected chi connectivity index (χ1v) is 10.3. The summed E-state index contributed by atoms with van der Waals surface area (Å²) < 4.78 is 5.39. The fraction of sp³-hybridized carbons (Fsp3) is 0.375. The number of aromatic nitrogens is 1. The van der Waals surface area contributed by atoms with Gasteiger partial charge in [-0.25, -0.2) is 4.98 Å². The monoisotopic (exact) mass is 422 g/mol. The second-order valence-electron chi connectivity index (χ2n) is 8.02. The molecule has 0 aliphatic carbocycles. The van der Waals surface area contributed by atoms with Crippen molar-refractivity contribution < 1.29 is 4.74 Å². The van der Waals surface area contributed by atoms with Crippen molar-refractivity contribution in [3.05, 3.63) is 79.2 Å². The standard InChI is InChI=1S/C24H30N4O3/c1-15-11-16(2)27-24(31-5)19(15)14-26-21-20(22(29)23(21)30)25-13-18(28(3)4)12-17-9-7-6-8-10-17/h6-11,18,25-26H,12-14H2,1-5H3. The number of anilines is 2. The average Bonchev–Trinajstić information content (AvgIpc) is 2.75. The number of hydrogen-bond donors (Lipinski definition) is 2. The van der Waals surface area contributed by atoms with Crippen molar-refractivity contribution in [3.8, 4) is 5.88 Å². The average molecular weight is 423 g/mol. The molecule has 1 atom stereocenters. The molecule has 0 saturated heterocycles. The van der Waals surface area contributed by atoms with Crippen molar-refractivity contribution in [3.63, 3.8) is 0 Å². The maximum atomic E-state index is 12.2. The quantitative estimate of drug-likeness (QED) is 0.486. The van der Waals surface area contributed by atoms with E-state index in [9.17, 15) is 9.59 Å². The molecule has 31 heavy (non-hydrogen) atoms. The molecule has 164 valence electrons. The molecular weight excluding hydrogens is 392 g/mol. The summed E-state index contributed by atoms with van der Waals surface area (Å²) in [5, 5.41) is 6.31. The summed E-state index contributed by atoms with van der Waals surface area (Å²) in [7, 11) is 5.59. The number of ether oxygens (including phenoxy) is 1. The first-order chi connectivity index (χ1) is 14.8. The van der Waals surface area contributed by atoms with Crippen molar-refractivity contribution in [2.75, 3.05) is 38.4 Å². The van der Waals surface area contributed by atoms with Crippen molar-refractivity contribution >= 4 is 11.4 Å².